The van der Waals surface area contributed by atoms with Crippen LogP contribution in [0.2, 0.25) is 0 Å². The van der Waals surface area contributed by atoms with Crippen molar-refractivity contribution < 1.29 is 8.42 Å². The number of sulfonamides is 1. The Kier molecular flexibility index (Phi) is 5.90. The Hall–Kier alpha value is -2.67. The van der Waals surface area contributed by atoms with E-state index in [1.165, 1.54) is 6.42 Å². The third kappa shape index (κ3) is 4.26. The number of rotatable bonds is 6. The van der Waals surface area contributed by atoms with Gasteiger partial charge < -0.3 is 4.57 Å². The monoisotopic (exact) mass is 424 g/mol. The predicted molar refractivity (Wildman–Crippen MR) is 119 cm³/mol. The first-order valence-corrected chi connectivity index (χ1v) is 12.1. The maximum atomic E-state index is 12.9. The minimum Gasteiger partial charge on any atom is -0.311 e. The number of anilines is 1. The zero-order valence-corrected chi connectivity index (χ0v) is 18.3. The Morgan fingerprint density at radius 2 is 1.87 bits per heavy atom. The highest BCUT2D eigenvalue weighted by atomic mass is 32.2. The molecule has 0 bridgehead atoms. The summed E-state index contributed by atoms with van der Waals surface area (Å²) < 4.78 is 30.6. The molecule has 3 aromatic rings. The first-order chi connectivity index (χ1) is 14.5. The van der Waals surface area contributed by atoms with Crippen molar-refractivity contribution in [3.8, 4) is 11.4 Å². The van der Waals surface area contributed by atoms with Crippen molar-refractivity contribution in [2.24, 2.45) is 0 Å². The molecule has 0 spiro atoms. The molecule has 4 rings (SSSR count). The highest BCUT2D eigenvalue weighted by Crippen LogP contribution is 2.26. The zero-order chi connectivity index (χ0) is 21.1. The van der Waals surface area contributed by atoms with E-state index in [2.05, 4.69) is 33.3 Å². The van der Waals surface area contributed by atoms with E-state index in [9.17, 15) is 8.42 Å². The molecule has 6 nitrogen and oxygen atoms in total. The molecule has 1 aliphatic heterocycles. The molecule has 0 fully saturated rings. The van der Waals surface area contributed by atoms with Gasteiger partial charge in [-0.05, 0) is 55.0 Å². The third-order valence-electron chi connectivity index (χ3n) is 5.85. The van der Waals surface area contributed by atoms with Crippen LogP contribution in [0.15, 0.2) is 53.4 Å². The normalized spacial score (nSPS) is 15.3. The summed E-state index contributed by atoms with van der Waals surface area (Å²) in [5, 5.41) is 8.72. The van der Waals surface area contributed by atoms with Gasteiger partial charge in [0.2, 0.25) is 0 Å². The van der Waals surface area contributed by atoms with E-state index in [4.69, 9.17) is 0 Å². The largest absolute Gasteiger partial charge is 0.311 e. The van der Waals surface area contributed by atoms with Crippen molar-refractivity contribution in [3.05, 3.63) is 59.9 Å². The van der Waals surface area contributed by atoms with Gasteiger partial charge in [0.25, 0.3) is 10.0 Å². The number of hydrogen-bond acceptors (Lipinski definition) is 4. The smallest absolute Gasteiger partial charge is 0.261 e. The average Bonchev–Trinajstić information content (AvgIpc) is 3.01. The fraction of sp³-hybridized carbons (Fsp3) is 0.391. The molecule has 1 atom stereocenters. The summed E-state index contributed by atoms with van der Waals surface area (Å²) in [6.45, 7) is 5.16. The van der Waals surface area contributed by atoms with Gasteiger partial charge in [0.15, 0.2) is 5.82 Å². The summed E-state index contributed by atoms with van der Waals surface area (Å²) in [4.78, 5) is 0.260. The molecule has 158 valence electrons. The van der Waals surface area contributed by atoms with Crippen molar-refractivity contribution in [2.45, 2.75) is 63.3 Å². The van der Waals surface area contributed by atoms with Crippen LogP contribution in [0.4, 0.5) is 5.69 Å². The van der Waals surface area contributed by atoms with Gasteiger partial charge in [-0.2, -0.15) is 0 Å². The van der Waals surface area contributed by atoms with Crippen molar-refractivity contribution >= 4 is 15.7 Å². The van der Waals surface area contributed by atoms with Gasteiger partial charge in [-0.25, -0.2) is 8.42 Å². The highest BCUT2D eigenvalue weighted by molar-refractivity contribution is 7.92. The van der Waals surface area contributed by atoms with Crippen LogP contribution in [0.3, 0.4) is 0 Å². The topological polar surface area (TPSA) is 76.9 Å². The molecule has 0 saturated carbocycles. The van der Waals surface area contributed by atoms with Gasteiger partial charge in [-0.1, -0.05) is 44.5 Å². The van der Waals surface area contributed by atoms with Crippen LogP contribution in [0.1, 0.15) is 56.8 Å². The molecule has 30 heavy (non-hydrogen) atoms. The van der Waals surface area contributed by atoms with E-state index in [1.54, 1.807) is 18.2 Å². The second kappa shape index (κ2) is 8.60. The third-order valence-corrected chi connectivity index (χ3v) is 7.25. The molecule has 7 heteroatoms. The van der Waals surface area contributed by atoms with Gasteiger partial charge in [0, 0.05) is 24.2 Å². The van der Waals surface area contributed by atoms with E-state index in [0.717, 1.165) is 55.0 Å². The van der Waals surface area contributed by atoms with E-state index >= 15 is 0 Å². The van der Waals surface area contributed by atoms with E-state index < -0.39 is 10.0 Å². The van der Waals surface area contributed by atoms with Gasteiger partial charge in [-0.15, -0.1) is 10.2 Å². The lowest BCUT2D eigenvalue weighted by molar-refractivity contribution is 0.601. The van der Waals surface area contributed by atoms with Crippen LogP contribution >= 0.6 is 0 Å². The Morgan fingerprint density at radius 3 is 2.63 bits per heavy atom. The molecule has 2 aromatic carbocycles. The lowest BCUT2D eigenvalue weighted by atomic mass is 9.99. The van der Waals surface area contributed by atoms with Crippen LogP contribution in [-0.4, -0.2) is 23.2 Å². The molecule has 0 radical (unpaired) electrons. The number of hydrogen-bond donors (Lipinski definition) is 1. The standard InChI is InChI=1S/C23H28N4O2S/c1-3-17(2)18-11-13-21(14-12-18)30(28,29)26-20-9-7-8-19(16-20)23-25-24-22-10-5-4-6-15-27(22)23/h7-9,11-14,16-17,26H,3-6,10,15H2,1-2H3/t17-/m0/s1. The van der Waals surface area contributed by atoms with Crippen molar-refractivity contribution in [2.75, 3.05) is 4.72 Å². The highest BCUT2D eigenvalue weighted by Gasteiger charge is 2.18. The predicted octanol–water partition coefficient (Wildman–Crippen LogP) is 4.99. The minimum atomic E-state index is -3.66. The molecule has 0 unspecified atom stereocenters. The summed E-state index contributed by atoms with van der Waals surface area (Å²) in [5.74, 6) is 2.21. The number of nitrogens with one attached hydrogen (secondary N) is 1. The van der Waals surface area contributed by atoms with Crippen LogP contribution in [0.25, 0.3) is 11.4 Å². The van der Waals surface area contributed by atoms with Crippen molar-refractivity contribution in [1.82, 2.24) is 14.8 Å². The van der Waals surface area contributed by atoms with Crippen LogP contribution < -0.4 is 4.72 Å². The molecule has 1 N–H and O–H groups in total. The van der Waals surface area contributed by atoms with Gasteiger partial charge >= 0.3 is 0 Å². The van der Waals surface area contributed by atoms with E-state index in [0.29, 0.717) is 11.6 Å². The van der Waals surface area contributed by atoms with Gasteiger partial charge in [0.05, 0.1) is 4.90 Å². The minimum absolute atomic E-state index is 0.260. The fourth-order valence-corrected chi connectivity index (χ4v) is 4.90. The molecule has 0 amide bonds. The summed E-state index contributed by atoms with van der Waals surface area (Å²) in [7, 11) is -3.66. The van der Waals surface area contributed by atoms with Gasteiger partial charge in [0.1, 0.15) is 5.82 Å². The first-order valence-electron chi connectivity index (χ1n) is 10.6. The maximum Gasteiger partial charge on any atom is 0.261 e. The molecule has 1 aliphatic rings. The summed E-state index contributed by atoms with van der Waals surface area (Å²) in [5.41, 5.74) is 2.53. The summed E-state index contributed by atoms with van der Waals surface area (Å²) in [6.07, 6.45) is 5.39. The Balaban J connectivity index is 1.58. The number of aromatic nitrogens is 3. The van der Waals surface area contributed by atoms with Gasteiger partial charge in [-0.3, -0.25) is 4.72 Å². The Labute approximate surface area is 178 Å². The molecule has 0 saturated heterocycles. The molecular weight excluding hydrogens is 396 g/mol. The number of fused-ring (bicyclic) bond motifs is 1. The SMILES string of the molecule is CC[C@H](C)c1ccc(S(=O)(=O)Nc2cccc(-c3nnc4n3CCCCC4)c2)cc1. The van der Waals surface area contributed by atoms with E-state index in [-0.39, 0.29) is 4.90 Å². The molecular formula is C23H28N4O2S. The maximum absolute atomic E-state index is 12.9. The van der Waals surface area contributed by atoms with Crippen molar-refractivity contribution in [3.63, 3.8) is 0 Å². The van der Waals surface area contributed by atoms with E-state index in [1.807, 2.05) is 30.3 Å². The molecule has 0 aliphatic carbocycles. The second-order valence-corrected chi connectivity index (χ2v) is 9.65. The lowest BCUT2D eigenvalue weighted by Gasteiger charge is -2.12. The quantitative estimate of drug-likeness (QED) is 0.605. The number of aryl methyl sites for hydroxylation is 1. The first kappa shape index (κ1) is 20.6. The Morgan fingerprint density at radius 1 is 1.07 bits per heavy atom. The van der Waals surface area contributed by atoms with Crippen LogP contribution in [0.5, 0.6) is 0 Å². The summed E-state index contributed by atoms with van der Waals surface area (Å²) in [6, 6.07) is 14.5. The molecule has 2 heterocycles. The lowest BCUT2D eigenvalue weighted by Crippen LogP contribution is -2.13. The molecule has 1 aromatic heterocycles. The van der Waals surface area contributed by atoms with Crippen molar-refractivity contribution in [1.29, 1.82) is 0 Å². The zero-order valence-electron chi connectivity index (χ0n) is 17.5. The van der Waals surface area contributed by atoms with Crippen LogP contribution in [-0.2, 0) is 23.0 Å². The number of benzene rings is 2. The fourth-order valence-electron chi connectivity index (χ4n) is 3.85. The average molecular weight is 425 g/mol. The second-order valence-electron chi connectivity index (χ2n) is 7.97. The summed E-state index contributed by atoms with van der Waals surface area (Å²) >= 11 is 0. The Bertz CT molecular complexity index is 1120. The van der Waals surface area contributed by atoms with Crippen LogP contribution in [0, 0.1) is 0 Å². The number of nitrogens with zero attached hydrogens (tertiary/aromatic N) is 3.